The molecule has 0 radical (unpaired) electrons. The molecule has 1 N–H and O–H groups in total. The van der Waals surface area contributed by atoms with E-state index in [0.717, 1.165) is 41.9 Å². The van der Waals surface area contributed by atoms with Crippen molar-refractivity contribution in [1.29, 1.82) is 0 Å². The van der Waals surface area contributed by atoms with Gasteiger partial charge in [-0.2, -0.15) is 0 Å². The SMILES string of the molecule is CCNc1nc(C)c(Cc2ccc(F)cc2)c(CC)n1. The lowest BCUT2D eigenvalue weighted by atomic mass is 10.0. The van der Waals surface area contributed by atoms with Gasteiger partial charge >= 0.3 is 0 Å². The van der Waals surface area contributed by atoms with Crippen molar-refractivity contribution < 1.29 is 4.39 Å². The highest BCUT2D eigenvalue weighted by Gasteiger charge is 2.11. The van der Waals surface area contributed by atoms with E-state index in [1.54, 1.807) is 0 Å². The first-order chi connectivity index (χ1) is 9.63. The van der Waals surface area contributed by atoms with E-state index >= 15 is 0 Å². The summed E-state index contributed by atoms with van der Waals surface area (Å²) in [5, 5.41) is 3.15. The Labute approximate surface area is 119 Å². The number of hydrogen-bond donors (Lipinski definition) is 1. The predicted octanol–water partition coefficient (Wildman–Crippen LogP) is 3.51. The molecule has 0 fully saturated rings. The summed E-state index contributed by atoms with van der Waals surface area (Å²) < 4.78 is 13.0. The highest BCUT2D eigenvalue weighted by molar-refractivity contribution is 5.37. The van der Waals surface area contributed by atoms with E-state index in [-0.39, 0.29) is 5.82 Å². The van der Waals surface area contributed by atoms with E-state index in [9.17, 15) is 4.39 Å². The molecule has 20 heavy (non-hydrogen) atoms. The van der Waals surface area contributed by atoms with Crippen molar-refractivity contribution in [2.45, 2.75) is 33.6 Å². The first-order valence-electron chi connectivity index (χ1n) is 6.98. The molecule has 0 amide bonds. The molecule has 0 aliphatic rings. The summed E-state index contributed by atoms with van der Waals surface area (Å²) in [6.07, 6.45) is 1.60. The molecule has 0 unspecified atom stereocenters. The number of aryl methyl sites for hydroxylation is 2. The van der Waals surface area contributed by atoms with Crippen LogP contribution in [0.2, 0.25) is 0 Å². The van der Waals surface area contributed by atoms with Crippen LogP contribution in [0.15, 0.2) is 24.3 Å². The maximum Gasteiger partial charge on any atom is 0.223 e. The number of anilines is 1. The average molecular weight is 273 g/mol. The van der Waals surface area contributed by atoms with Gasteiger partial charge in [0.2, 0.25) is 5.95 Å². The molecule has 4 heteroatoms. The Kier molecular flexibility index (Phi) is 4.66. The number of rotatable bonds is 5. The first kappa shape index (κ1) is 14.4. The van der Waals surface area contributed by atoms with Crippen LogP contribution in [0.1, 0.15) is 36.4 Å². The number of benzene rings is 1. The third kappa shape index (κ3) is 3.32. The van der Waals surface area contributed by atoms with Gasteiger partial charge < -0.3 is 5.32 Å². The maximum atomic E-state index is 13.0. The average Bonchev–Trinajstić information content (AvgIpc) is 2.44. The van der Waals surface area contributed by atoms with E-state index in [1.807, 2.05) is 26.0 Å². The Morgan fingerprint density at radius 1 is 1.10 bits per heavy atom. The van der Waals surface area contributed by atoms with Gasteiger partial charge in [-0.15, -0.1) is 0 Å². The van der Waals surface area contributed by atoms with Crippen LogP contribution in [-0.4, -0.2) is 16.5 Å². The van der Waals surface area contributed by atoms with Crippen LogP contribution in [0, 0.1) is 12.7 Å². The molecule has 2 rings (SSSR count). The molecule has 1 heterocycles. The van der Waals surface area contributed by atoms with Crippen molar-refractivity contribution in [3.8, 4) is 0 Å². The van der Waals surface area contributed by atoms with Crippen molar-refractivity contribution in [1.82, 2.24) is 9.97 Å². The van der Waals surface area contributed by atoms with E-state index in [0.29, 0.717) is 5.95 Å². The van der Waals surface area contributed by atoms with Gasteiger partial charge in [0.25, 0.3) is 0 Å². The van der Waals surface area contributed by atoms with Crippen LogP contribution in [0.3, 0.4) is 0 Å². The Bertz CT molecular complexity index is 579. The third-order valence-electron chi connectivity index (χ3n) is 3.26. The monoisotopic (exact) mass is 273 g/mol. The largest absolute Gasteiger partial charge is 0.354 e. The zero-order valence-electron chi connectivity index (χ0n) is 12.2. The number of hydrogen-bond acceptors (Lipinski definition) is 3. The van der Waals surface area contributed by atoms with Gasteiger partial charge in [-0.1, -0.05) is 19.1 Å². The van der Waals surface area contributed by atoms with Gasteiger partial charge in [-0.05, 0) is 43.5 Å². The molecule has 106 valence electrons. The van der Waals surface area contributed by atoms with Gasteiger partial charge in [0.1, 0.15) is 5.82 Å². The molecule has 0 bridgehead atoms. The zero-order valence-corrected chi connectivity index (χ0v) is 12.2. The molecule has 0 saturated carbocycles. The lowest BCUT2D eigenvalue weighted by Crippen LogP contribution is -2.09. The van der Waals surface area contributed by atoms with E-state index < -0.39 is 0 Å². The van der Waals surface area contributed by atoms with Crippen LogP contribution in [0.5, 0.6) is 0 Å². The fourth-order valence-corrected chi connectivity index (χ4v) is 2.22. The summed E-state index contributed by atoms with van der Waals surface area (Å²) in [6.45, 7) is 6.92. The normalized spacial score (nSPS) is 10.6. The zero-order chi connectivity index (χ0) is 14.5. The van der Waals surface area contributed by atoms with Crippen molar-refractivity contribution in [2.75, 3.05) is 11.9 Å². The number of nitrogens with one attached hydrogen (secondary N) is 1. The lowest BCUT2D eigenvalue weighted by molar-refractivity contribution is 0.627. The van der Waals surface area contributed by atoms with Crippen molar-refractivity contribution in [3.63, 3.8) is 0 Å². The minimum absolute atomic E-state index is 0.208. The summed E-state index contributed by atoms with van der Waals surface area (Å²) in [5.41, 5.74) is 4.25. The van der Waals surface area contributed by atoms with Crippen LogP contribution < -0.4 is 5.32 Å². The second-order valence-electron chi connectivity index (χ2n) is 4.74. The second kappa shape index (κ2) is 6.46. The number of halogens is 1. The molecule has 0 saturated heterocycles. The molecule has 0 aliphatic heterocycles. The van der Waals surface area contributed by atoms with Crippen LogP contribution in [0.4, 0.5) is 10.3 Å². The maximum absolute atomic E-state index is 13.0. The Morgan fingerprint density at radius 3 is 2.40 bits per heavy atom. The molecule has 2 aromatic rings. The first-order valence-corrected chi connectivity index (χ1v) is 6.98. The fraction of sp³-hybridized carbons (Fsp3) is 0.375. The minimum Gasteiger partial charge on any atom is -0.354 e. The minimum atomic E-state index is -0.208. The fourth-order valence-electron chi connectivity index (χ4n) is 2.22. The van der Waals surface area contributed by atoms with Crippen molar-refractivity contribution >= 4 is 5.95 Å². The summed E-state index contributed by atoms with van der Waals surface area (Å²) in [7, 11) is 0. The van der Waals surface area contributed by atoms with E-state index in [2.05, 4.69) is 22.2 Å². The summed E-state index contributed by atoms with van der Waals surface area (Å²) >= 11 is 0. The molecule has 3 nitrogen and oxygen atoms in total. The Morgan fingerprint density at radius 2 is 1.80 bits per heavy atom. The van der Waals surface area contributed by atoms with Gasteiger partial charge in [-0.25, -0.2) is 14.4 Å². The Hall–Kier alpha value is -1.97. The lowest BCUT2D eigenvalue weighted by Gasteiger charge is -2.13. The number of aromatic nitrogens is 2. The molecule has 0 atom stereocenters. The molecule has 1 aromatic carbocycles. The number of nitrogens with zero attached hydrogens (tertiary/aromatic N) is 2. The molecular formula is C16H20FN3. The van der Waals surface area contributed by atoms with Gasteiger partial charge in [0.15, 0.2) is 0 Å². The smallest absolute Gasteiger partial charge is 0.223 e. The molecule has 0 aliphatic carbocycles. The van der Waals surface area contributed by atoms with Crippen molar-refractivity contribution in [3.05, 3.63) is 52.6 Å². The van der Waals surface area contributed by atoms with Crippen LogP contribution in [0.25, 0.3) is 0 Å². The second-order valence-corrected chi connectivity index (χ2v) is 4.74. The quantitative estimate of drug-likeness (QED) is 0.906. The highest BCUT2D eigenvalue weighted by Crippen LogP contribution is 2.18. The highest BCUT2D eigenvalue weighted by atomic mass is 19.1. The summed E-state index contributed by atoms with van der Waals surface area (Å²) in [5.74, 6) is 0.477. The van der Waals surface area contributed by atoms with Gasteiger partial charge in [-0.3, -0.25) is 0 Å². The summed E-state index contributed by atoms with van der Waals surface area (Å²) in [4.78, 5) is 9.05. The Balaban J connectivity index is 2.32. The van der Waals surface area contributed by atoms with E-state index in [4.69, 9.17) is 0 Å². The summed E-state index contributed by atoms with van der Waals surface area (Å²) in [6, 6.07) is 6.60. The standard InChI is InChI=1S/C16H20FN3/c1-4-15-14(10-12-6-8-13(17)9-7-12)11(3)19-16(20-15)18-5-2/h6-9H,4-5,10H2,1-3H3,(H,18,19,20). The molecule has 0 spiro atoms. The van der Waals surface area contributed by atoms with Gasteiger partial charge in [0.05, 0.1) is 0 Å². The van der Waals surface area contributed by atoms with Crippen LogP contribution >= 0.6 is 0 Å². The molecular weight excluding hydrogens is 253 g/mol. The third-order valence-corrected chi connectivity index (χ3v) is 3.26. The van der Waals surface area contributed by atoms with Crippen LogP contribution in [-0.2, 0) is 12.8 Å². The van der Waals surface area contributed by atoms with Crippen molar-refractivity contribution in [2.24, 2.45) is 0 Å². The van der Waals surface area contributed by atoms with Gasteiger partial charge in [0, 0.05) is 24.4 Å². The predicted molar refractivity (Wildman–Crippen MR) is 79.5 cm³/mol. The topological polar surface area (TPSA) is 37.8 Å². The van der Waals surface area contributed by atoms with E-state index in [1.165, 1.54) is 12.1 Å². The molecule has 1 aromatic heterocycles.